The third-order valence-electron chi connectivity index (χ3n) is 3.45. The van der Waals surface area contributed by atoms with E-state index in [-0.39, 0.29) is 10.8 Å². The number of carbonyl (C=O) groups excluding carboxylic acids is 1. The maximum Gasteiger partial charge on any atom is 0.254 e. The highest BCUT2D eigenvalue weighted by atomic mass is 32.2. The molecular weight excluding hydrogens is 276 g/mol. The van der Waals surface area contributed by atoms with E-state index < -0.39 is 10.0 Å². The Morgan fingerprint density at radius 1 is 1.40 bits per heavy atom. The number of benzene rings is 1. The van der Waals surface area contributed by atoms with E-state index in [0.29, 0.717) is 23.7 Å². The maximum absolute atomic E-state index is 12.5. The van der Waals surface area contributed by atoms with Crippen LogP contribution < -0.4 is 5.14 Å². The van der Waals surface area contributed by atoms with Crippen molar-refractivity contribution in [1.29, 1.82) is 0 Å². The SMILES string of the molecule is CCCN(C(=O)c1ccc(C)c(S(N)(=O)=O)c1)C1CC1. The van der Waals surface area contributed by atoms with Gasteiger partial charge in [0.2, 0.25) is 10.0 Å². The Bertz CT molecular complexity index is 621. The molecule has 0 spiro atoms. The number of hydrogen-bond acceptors (Lipinski definition) is 3. The molecule has 1 fully saturated rings. The molecule has 0 heterocycles. The lowest BCUT2D eigenvalue weighted by Gasteiger charge is -2.22. The maximum atomic E-state index is 12.5. The average molecular weight is 296 g/mol. The molecule has 0 saturated heterocycles. The van der Waals surface area contributed by atoms with Crippen molar-refractivity contribution in [2.75, 3.05) is 6.54 Å². The summed E-state index contributed by atoms with van der Waals surface area (Å²) in [6.07, 6.45) is 2.94. The van der Waals surface area contributed by atoms with Crippen molar-refractivity contribution in [1.82, 2.24) is 4.90 Å². The lowest BCUT2D eigenvalue weighted by Crippen LogP contribution is -2.34. The normalized spacial score (nSPS) is 15.2. The van der Waals surface area contributed by atoms with Crippen molar-refractivity contribution < 1.29 is 13.2 Å². The first kappa shape index (κ1) is 15.0. The number of aryl methyl sites for hydroxylation is 1. The summed E-state index contributed by atoms with van der Waals surface area (Å²) in [6.45, 7) is 4.38. The highest BCUT2D eigenvalue weighted by Crippen LogP contribution is 2.29. The highest BCUT2D eigenvalue weighted by molar-refractivity contribution is 7.89. The van der Waals surface area contributed by atoms with Crippen molar-refractivity contribution in [3.8, 4) is 0 Å². The third kappa shape index (κ3) is 3.19. The number of rotatable bonds is 5. The summed E-state index contributed by atoms with van der Waals surface area (Å²) in [6, 6.07) is 4.99. The van der Waals surface area contributed by atoms with Gasteiger partial charge in [-0.2, -0.15) is 0 Å². The van der Waals surface area contributed by atoms with Gasteiger partial charge in [0.25, 0.3) is 5.91 Å². The number of hydrogen-bond donors (Lipinski definition) is 1. The van der Waals surface area contributed by atoms with E-state index in [1.54, 1.807) is 19.1 Å². The van der Waals surface area contributed by atoms with E-state index in [0.717, 1.165) is 19.3 Å². The lowest BCUT2D eigenvalue weighted by molar-refractivity contribution is 0.0743. The van der Waals surface area contributed by atoms with E-state index in [2.05, 4.69) is 0 Å². The van der Waals surface area contributed by atoms with Crippen LogP contribution in [0.2, 0.25) is 0 Å². The summed E-state index contributed by atoms with van der Waals surface area (Å²) in [4.78, 5) is 14.4. The predicted octanol–water partition coefficient (Wildman–Crippen LogP) is 1.66. The minimum Gasteiger partial charge on any atom is -0.336 e. The first-order valence-electron chi connectivity index (χ1n) is 6.79. The van der Waals surface area contributed by atoms with Crippen molar-refractivity contribution in [2.45, 2.75) is 44.0 Å². The summed E-state index contributed by atoms with van der Waals surface area (Å²) in [5.41, 5.74) is 0.942. The molecule has 20 heavy (non-hydrogen) atoms. The van der Waals surface area contributed by atoms with Gasteiger partial charge in [-0.25, -0.2) is 13.6 Å². The van der Waals surface area contributed by atoms with Crippen LogP contribution in [0.4, 0.5) is 0 Å². The molecule has 0 bridgehead atoms. The lowest BCUT2D eigenvalue weighted by atomic mass is 10.1. The van der Waals surface area contributed by atoms with Gasteiger partial charge >= 0.3 is 0 Å². The molecule has 0 aliphatic heterocycles. The molecule has 5 nitrogen and oxygen atoms in total. The Morgan fingerprint density at radius 3 is 2.55 bits per heavy atom. The quantitative estimate of drug-likeness (QED) is 0.897. The van der Waals surface area contributed by atoms with Gasteiger partial charge in [-0.15, -0.1) is 0 Å². The molecular formula is C14H20N2O3S. The molecule has 0 radical (unpaired) electrons. The number of primary sulfonamides is 1. The average Bonchev–Trinajstić information content (AvgIpc) is 3.18. The largest absolute Gasteiger partial charge is 0.336 e. The van der Waals surface area contributed by atoms with Gasteiger partial charge < -0.3 is 4.90 Å². The Kier molecular flexibility index (Phi) is 4.15. The molecule has 6 heteroatoms. The first-order chi connectivity index (χ1) is 9.34. The van der Waals surface area contributed by atoms with E-state index in [9.17, 15) is 13.2 Å². The number of carbonyl (C=O) groups is 1. The van der Waals surface area contributed by atoms with Crippen molar-refractivity contribution in [3.05, 3.63) is 29.3 Å². The summed E-state index contributed by atoms with van der Waals surface area (Å²) in [5, 5.41) is 5.18. The van der Waals surface area contributed by atoms with Crippen LogP contribution in [-0.4, -0.2) is 31.8 Å². The van der Waals surface area contributed by atoms with Gasteiger partial charge in [0.05, 0.1) is 4.90 Å². The molecule has 1 aromatic rings. The van der Waals surface area contributed by atoms with Crippen LogP contribution in [0, 0.1) is 6.92 Å². The van der Waals surface area contributed by atoms with Gasteiger partial charge in [0, 0.05) is 18.2 Å². The summed E-state index contributed by atoms with van der Waals surface area (Å²) >= 11 is 0. The number of amides is 1. The van der Waals surface area contributed by atoms with Crippen molar-refractivity contribution >= 4 is 15.9 Å². The molecule has 1 amide bonds. The number of nitrogens with two attached hydrogens (primary N) is 1. The molecule has 1 saturated carbocycles. The van der Waals surface area contributed by atoms with E-state index in [1.165, 1.54) is 6.07 Å². The van der Waals surface area contributed by atoms with Gasteiger partial charge in [-0.05, 0) is 43.9 Å². The van der Waals surface area contributed by atoms with Crippen LogP contribution in [0.15, 0.2) is 23.1 Å². The second kappa shape index (κ2) is 5.54. The first-order valence-corrected chi connectivity index (χ1v) is 8.33. The number of nitrogens with zero attached hydrogens (tertiary/aromatic N) is 1. The van der Waals surface area contributed by atoms with E-state index in [4.69, 9.17) is 5.14 Å². The zero-order valence-corrected chi connectivity index (χ0v) is 12.6. The molecule has 110 valence electrons. The standard InChI is InChI=1S/C14H20N2O3S/c1-3-8-16(12-6-7-12)14(17)11-5-4-10(2)13(9-11)20(15,18)19/h4-5,9,12H,3,6-8H2,1-2H3,(H2,15,18,19). The molecule has 2 rings (SSSR count). The Hall–Kier alpha value is -1.40. The molecule has 0 unspecified atom stereocenters. The predicted molar refractivity (Wildman–Crippen MR) is 76.9 cm³/mol. The summed E-state index contributed by atoms with van der Waals surface area (Å²) in [7, 11) is -3.80. The van der Waals surface area contributed by atoms with Gasteiger partial charge in [0.1, 0.15) is 0 Å². The summed E-state index contributed by atoms with van der Waals surface area (Å²) < 4.78 is 23.0. The minimum atomic E-state index is -3.80. The summed E-state index contributed by atoms with van der Waals surface area (Å²) in [5.74, 6) is -0.112. The Morgan fingerprint density at radius 2 is 2.05 bits per heavy atom. The topological polar surface area (TPSA) is 80.5 Å². The van der Waals surface area contributed by atoms with Crippen molar-refractivity contribution in [3.63, 3.8) is 0 Å². The van der Waals surface area contributed by atoms with Crippen LogP contribution in [0.25, 0.3) is 0 Å². The number of sulfonamides is 1. The fraction of sp³-hybridized carbons (Fsp3) is 0.500. The third-order valence-corrected chi connectivity index (χ3v) is 4.51. The van der Waals surface area contributed by atoms with Crippen molar-refractivity contribution in [2.24, 2.45) is 5.14 Å². The monoisotopic (exact) mass is 296 g/mol. The second-order valence-electron chi connectivity index (χ2n) is 5.26. The molecule has 2 N–H and O–H groups in total. The van der Waals surface area contributed by atoms with Crippen LogP contribution in [0.1, 0.15) is 42.1 Å². The smallest absolute Gasteiger partial charge is 0.254 e. The molecule has 0 atom stereocenters. The zero-order valence-electron chi connectivity index (χ0n) is 11.8. The Balaban J connectivity index is 2.35. The highest BCUT2D eigenvalue weighted by Gasteiger charge is 2.32. The zero-order chi connectivity index (χ0) is 14.9. The van der Waals surface area contributed by atoms with Crippen LogP contribution in [0.3, 0.4) is 0 Å². The van der Waals surface area contributed by atoms with E-state index >= 15 is 0 Å². The van der Waals surface area contributed by atoms with Crippen LogP contribution in [-0.2, 0) is 10.0 Å². The molecule has 0 aromatic heterocycles. The second-order valence-corrected chi connectivity index (χ2v) is 6.78. The van der Waals surface area contributed by atoms with Crippen LogP contribution in [0.5, 0.6) is 0 Å². The minimum absolute atomic E-state index is 0.0237. The molecule has 1 aromatic carbocycles. The Labute approximate surface area is 119 Å². The van der Waals surface area contributed by atoms with Gasteiger partial charge in [-0.3, -0.25) is 4.79 Å². The van der Waals surface area contributed by atoms with Gasteiger partial charge in [-0.1, -0.05) is 13.0 Å². The van der Waals surface area contributed by atoms with Crippen LogP contribution >= 0.6 is 0 Å². The molecule has 1 aliphatic carbocycles. The fourth-order valence-electron chi connectivity index (χ4n) is 2.28. The van der Waals surface area contributed by atoms with E-state index in [1.807, 2.05) is 11.8 Å². The molecule has 1 aliphatic rings. The fourth-order valence-corrected chi connectivity index (χ4v) is 3.09. The van der Waals surface area contributed by atoms with Gasteiger partial charge in [0.15, 0.2) is 0 Å².